The second kappa shape index (κ2) is 5.63. The Bertz CT molecular complexity index is 889. The quantitative estimate of drug-likeness (QED) is 0.523. The highest BCUT2D eigenvalue weighted by atomic mass is 14.3. The minimum atomic E-state index is 0.504. The molecule has 0 amide bonds. The summed E-state index contributed by atoms with van der Waals surface area (Å²) in [6.45, 7) is 0. The van der Waals surface area contributed by atoms with Gasteiger partial charge in [0.05, 0.1) is 0 Å². The van der Waals surface area contributed by atoms with Crippen molar-refractivity contribution in [3.63, 3.8) is 0 Å². The summed E-state index contributed by atoms with van der Waals surface area (Å²) in [5, 5.41) is 0. The summed E-state index contributed by atoms with van der Waals surface area (Å²) in [5.41, 5.74) is 10.8. The summed E-state index contributed by atoms with van der Waals surface area (Å²) in [7, 11) is 0. The van der Waals surface area contributed by atoms with E-state index >= 15 is 0 Å². The van der Waals surface area contributed by atoms with Crippen LogP contribution in [0.3, 0.4) is 0 Å². The fraction of sp³-hybridized carbons (Fsp3) is 0.250. The Morgan fingerprint density at radius 3 is 2.33 bits per heavy atom. The molecule has 0 aromatic heterocycles. The van der Waals surface area contributed by atoms with Crippen molar-refractivity contribution in [3.05, 3.63) is 94.5 Å². The fourth-order valence-electron chi connectivity index (χ4n) is 4.74. The van der Waals surface area contributed by atoms with E-state index < -0.39 is 0 Å². The molecule has 1 unspecified atom stereocenters. The summed E-state index contributed by atoms with van der Waals surface area (Å²) in [6.07, 6.45) is 6.32. The maximum absolute atomic E-state index is 2.40. The summed E-state index contributed by atoms with van der Waals surface area (Å²) >= 11 is 0. The molecule has 118 valence electrons. The molecule has 0 N–H and O–H groups in total. The second-order valence-corrected chi connectivity index (χ2v) is 7.20. The lowest BCUT2D eigenvalue weighted by Crippen LogP contribution is -2.18. The summed E-state index contributed by atoms with van der Waals surface area (Å²) in [4.78, 5) is 0. The highest BCUT2D eigenvalue weighted by molar-refractivity contribution is 5.77. The first-order valence-corrected chi connectivity index (χ1v) is 9.19. The molecule has 0 nitrogen and oxygen atoms in total. The maximum atomic E-state index is 2.40. The van der Waals surface area contributed by atoms with Crippen molar-refractivity contribution in [1.29, 1.82) is 0 Å². The first kappa shape index (κ1) is 14.0. The Kier molecular flexibility index (Phi) is 3.29. The van der Waals surface area contributed by atoms with Gasteiger partial charge >= 0.3 is 0 Å². The normalized spacial score (nSPS) is 18.4. The summed E-state index contributed by atoms with van der Waals surface area (Å²) < 4.78 is 0. The first-order valence-electron chi connectivity index (χ1n) is 9.19. The van der Waals surface area contributed by atoms with E-state index in [0.717, 1.165) is 6.42 Å². The van der Waals surface area contributed by atoms with E-state index in [4.69, 9.17) is 0 Å². The van der Waals surface area contributed by atoms with Gasteiger partial charge in [0.25, 0.3) is 0 Å². The van der Waals surface area contributed by atoms with Crippen molar-refractivity contribution in [2.45, 2.75) is 38.0 Å². The lowest BCUT2D eigenvalue weighted by Gasteiger charge is -2.33. The van der Waals surface area contributed by atoms with Gasteiger partial charge in [-0.1, -0.05) is 66.7 Å². The predicted molar refractivity (Wildman–Crippen MR) is 101 cm³/mol. The van der Waals surface area contributed by atoms with Crippen LogP contribution >= 0.6 is 0 Å². The van der Waals surface area contributed by atoms with Gasteiger partial charge in [-0.05, 0) is 71.0 Å². The average molecular weight is 310 g/mol. The molecule has 0 heteroatoms. The lowest BCUT2D eigenvalue weighted by atomic mass is 9.71. The second-order valence-electron chi connectivity index (χ2n) is 7.20. The Hall–Kier alpha value is -2.34. The first-order chi connectivity index (χ1) is 11.9. The van der Waals surface area contributed by atoms with Gasteiger partial charge < -0.3 is 0 Å². The van der Waals surface area contributed by atoms with Gasteiger partial charge in [0.1, 0.15) is 0 Å². The number of hydrogen-bond acceptors (Lipinski definition) is 0. The standard InChI is InChI=1S/C24H22/c1-2-8-17(9-3-1)23-16-19-11-5-6-12-20(19)22-15-14-18-10-4-7-13-21(18)24(22)23/h1-3,5-6,8-9,11-12,14-15,23H,4,7,10,13,16H2. The Labute approximate surface area is 144 Å². The van der Waals surface area contributed by atoms with Gasteiger partial charge in [0.2, 0.25) is 0 Å². The highest BCUT2D eigenvalue weighted by Gasteiger charge is 2.29. The number of benzene rings is 3. The van der Waals surface area contributed by atoms with E-state index in [1.54, 1.807) is 16.7 Å². The Morgan fingerprint density at radius 1 is 0.625 bits per heavy atom. The van der Waals surface area contributed by atoms with Crippen LogP contribution in [0.25, 0.3) is 11.1 Å². The van der Waals surface area contributed by atoms with Crippen LogP contribution in [-0.4, -0.2) is 0 Å². The number of fused-ring (bicyclic) bond motifs is 5. The molecule has 2 aliphatic rings. The topological polar surface area (TPSA) is 0 Å². The van der Waals surface area contributed by atoms with E-state index in [-0.39, 0.29) is 0 Å². The van der Waals surface area contributed by atoms with Crippen LogP contribution in [0.5, 0.6) is 0 Å². The molecule has 0 fully saturated rings. The van der Waals surface area contributed by atoms with E-state index in [1.807, 2.05) is 0 Å². The summed E-state index contributed by atoms with van der Waals surface area (Å²) in [6, 6.07) is 24.9. The van der Waals surface area contributed by atoms with E-state index in [9.17, 15) is 0 Å². The van der Waals surface area contributed by atoms with Crippen molar-refractivity contribution < 1.29 is 0 Å². The molecule has 24 heavy (non-hydrogen) atoms. The molecular weight excluding hydrogens is 288 g/mol. The van der Waals surface area contributed by atoms with Crippen molar-refractivity contribution in [2.24, 2.45) is 0 Å². The maximum Gasteiger partial charge on any atom is 0.0139 e. The Morgan fingerprint density at radius 2 is 1.42 bits per heavy atom. The van der Waals surface area contributed by atoms with Crippen LogP contribution in [0, 0.1) is 0 Å². The minimum Gasteiger partial charge on any atom is -0.0622 e. The van der Waals surface area contributed by atoms with Crippen molar-refractivity contribution in [3.8, 4) is 11.1 Å². The van der Waals surface area contributed by atoms with Gasteiger partial charge in [-0.2, -0.15) is 0 Å². The molecule has 0 spiro atoms. The van der Waals surface area contributed by atoms with Gasteiger partial charge in [-0.15, -0.1) is 0 Å². The molecular formula is C24H22. The van der Waals surface area contributed by atoms with Crippen LogP contribution < -0.4 is 0 Å². The van der Waals surface area contributed by atoms with Crippen molar-refractivity contribution >= 4 is 0 Å². The molecule has 5 rings (SSSR count). The number of aryl methyl sites for hydroxylation is 1. The SMILES string of the molecule is c1ccc(C2Cc3ccccc3-c3ccc4c(c32)CCCC4)cc1. The van der Waals surface area contributed by atoms with Gasteiger partial charge in [0.15, 0.2) is 0 Å². The molecule has 0 radical (unpaired) electrons. The molecule has 0 aliphatic heterocycles. The van der Waals surface area contributed by atoms with Crippen molar-refractivity contribution in [1.82, 2.24) is 0 Å². The molecule has 3 aromatic rings. The highest BCUT2D eigenvalue weighted by Crippen LogP contribution is 2.46. The fourth-order valence-corrected chi connectivity index (χ4v) is 4.74. The lowest BCUT2D eigenvalue weighted by molar-refractivity contribution is 0.665. The van der Waals surface area contributed by atoms with E-state index in [2.05, 4.69) is 66.7 Å². The molecule has 1 atom stereocenters. The zero-order chi connectivity index (χ0) is 15.9. The third-order valence-electron chi connectivity index (χ3n) is 5.86. The van der Waals surface area contributed by atoms with Crippen LogP contribution in [0.4, 0.5) is 0 Å². The van der Waals surface area contributed by atoms with Crippen LogP contribution in [0.15, 0.2) is 66.7 Å². The zero-order valence-electron chi connectivity index (χ0n) is 14.0. The van der Waals surface area contributed by atoms with E-state index in [0.29, 0.717) is 5.92 Å². The number of rotatable bonds is 1. The third-order valence-corrected chi connectivity index (χ3v) is 5.86. The van der Waals surface area contributed by atoms with Gasteiger partial charge in [0, 0.05) is 5.92 Å². The molecule has 3 aromatic carbocycles. The van der Waals surface area contributed by atoms with Gasteiger partial charge in [-0.3, -0.25) is 0 Å². The molecule has 0 bridgehead atoms. The molecule has 0 heterocycles. The van der Waals surface area contributed by atoms with Crippen molar-refractivity contribution in [2.75, 3.05) is 0 Å². The Balaban J connectivity index is 1.79. The summed E-state index contributed by atoms with van der Waals surface area (Å²) in [5.74, 6) is 0.504. The van der Waals surface area contributed by atoms with Crippen LogP contribution in [-0.2, 0) is 19.3 Å². The third kappa shape index (κ3) is 2.13. The average Bonchev–Trinajstić information content (AvgIpc) is 2.67. The van der Waals surface area contributed by atoms with Gasteiger partial charge in [-0.25, -0.2) is 0 Å². The largest absolute Gasteiger partial charge is 0.0622 e. The number of hydrogen-bond donors (Lipinski definition) is 0. The van der Waals surface area contributed by atoms with E-state index in [1.165, 1.54) is 47.9 Å². The molecule has 0 saturated carbocycles. The van der Waals surface area contributed by atoms with Crippen LogP contribution in [0.1, 0.15) is 46.6 Å². The molecule has 2 aliphatic carbocycles. The molecule has 0 saturated heterocycles. The predicted octanol–water partition coefficient (Wildman–Crippen LogP) is 5.92. The minimum absolute atomic E-state index is 0.504. The van der Waals surface area contributed by atoms with Crippen LogP contribution in [0.2, 0.25) is 0 Å². The monoisotopic (exact) mass is 310 g/mol. The zero-order valence-corrected chi connectivity index (χ0v) is 14.0. The smallest absolute Gasteiger partial charge is 0.0139 e.